The molecule has 0 aromatic carbocycles. The van der Waals surface area contributed by atoms with Crippen LogP contribution in [0.2, 0.25) is 0 Å². The Balaban J connectivity index is 2.81. The molecular formula is C9H20O6. The minimum Gasteiger partial charge on any atom is -0.356 e. The van der Waals surface area contributed by atoms with Gasteiger partial charge in [-0.15, -0.1) is 0 Å². The van der Waals surface area contributed by atoms with Crippen LogP contribution < -0.4 is 0 Å². The Morgan fingerprint density at radius 3 is 1.00 bits per heavy atom. The quantitative estimate of drug-likeness (QED) is 0.363. The molecule has 0 amide bonds. The average Bonchev–Trinajstić information content (AvgIpc) is 2.26. The van der Waals surface area contributed by atoms with E-state index in [4.69, 9.17) is 28.4 Å². The van der Waals surface area contributed by atoms with Crippen LogP contribution in [0.3, 0.4) is 0 Å². The molecule has 0 atom stereocenters. The van der Waals surface area contributed by atoms with Gasteiger partial charge in [0.15, 0.2) is 20.4 Å². The van der Waals surface area contributed by atoms with E-state index in [1.165, 1.54) is 0 Å². The van der Waals surface area contributed by atoms with E-state index < -0.39 is 0 Å². The third-order valence-corrected chi connectivity index (χ3v) is 1.24. The summed E-state index contributed by atoms with van der Waals surface area (Å²) >= 11 is 0. The molecule has 0 aliphatic heterocycles. The van der Waals surface area contributed by atoms with Crippen LogP contribution in [0.4, 0.5) is 0 Å². The molecule has 0 saturated heterocycles. The Morgan fingerprint density at radius 2 is 0.733 bits per heavy atom. The summed E-state index contributed by atoms with van der Waals surface area (Å²) in [4.78, 5) is 0. The fraction of sp³-hybridized carbons (Fsp3) is 1.00. The maximum Gasteiger partial charge on any atom is 0.152 e. The Morgan fingerprint density at radius 1 is 0.467 bits per heavy atom. The standard InChI is InChI=1S/C9H20O6/c1-3-10-5-12-7-14-9-15-8-13-6-11-4-2/h3-9H2,1-2H3. The first-order chi connectivity index (χ1) is 7.41. The van der Waals surface area contributed by atoms with Crippen molar-refractivity contribution in [2.45, 2.75) is 13.8 Å². The second kappa shape index (κ2) is 13.8. The summed E-state index contributed by atoms with van der Waals surface area (Å²) < 4.78 is 29.6. The van der Waals surface area contributed by atoms with Crippen molar-refractivity contribution in [2.24, 2.45) is 0 Å². The molecule has 0 aromatic rings. The van der Waals surface area contributed by atoms with Gasteiger partial charge in [-0.25, -0.2) is 0 Å². The SMILES string of the molecule is CCOCOCOCOCOCOCC. The fourth-order valence-electron chi connectivity index (χ4n) is 0.597. The summed E-state index contributed by atoms with van der Waals surface area (Å²) in [5.41, 5.74) is 0. The summed E-state index contributed by atoms with van der Waals surface area (Å²) in [5, 5.41) is 0. The highest BCUT2D eigenvalue weighted by Gasteiger charge is 1.89. The highest BCUT2D eigenvalue weighted by Crippen LogP contribution is 1.84. The molecule has 0 aliphatic rings. The number of hydrogen-bond donors (Lipinski definition) is 0. The van der Waals surface area contributed by atoms with Crippen molar-refractivity contribution in [1.82, 2.24) is 0 Å². The molecule has 0 saturated carbocycles. The third-order valence-electron chi connectivity index (χ3n) is 1.24. The van der Waals surface area contributed by atoms with Gasteiger partial charge >= 0.3 is 0 Å². The predicted octanol–water partition coefficient (Wildman–Crippen LogP) is 0.913. The molecule has 6 heteroatoms. The van der Waals surface area contributed by atoms with Gasteiger partial charge in [-0.3, -0.25) is 0 Å². The van der Waals surface area contributed by atoms with Crippen LogP contribution in [0.1, 0.15) is 13.8 Å². The second-order valence-corrected chi connectivity index (χ2v) is 2.39. The first-order valence-electron chi connectivity index (χ1n) is 4.88. The molecule has 0 heterocycles. The van der Waals surface area contributed by atoms with Gasteiger partial charge in [0.2, 0.25) is 0 Å². The Labute approximate surface area is 90.3 Å². The van der Waals surface area contributed by atoms with E-state index in [9.17, 15) is 0 Å². The van der Waals surface area contributed by atoms with Crippen molar-refractivity contribution in [3.63, 3.8) is 0 Å². The van der Waals surface area contributed by atoms with E-state index in [2.05, 4.69) is 0 Å². The van der Waals surface area contributed by atoms with Crippen molar-refractivity contribution in [1.29, 1.82) is 0 Å². The van der Waals surface area contributed by atoms with E-state index in [-0.39, 0.29) is 34.0 Å². The summed E-state index contributed by atoms with van der Waals surface area (Å²) in [7, 11) is 0. The van der Waals surface area contributed by atoms with Gasteiger partial charge in [0.25, 0.3) is 0 Å². The molecule has 6 nitrogen and oxygen atoms in total. The van der Waals surface area contributed by atoms with Gasteiger partial charge in [0.05, 0.1) is 0 Å². The largest absolute Gasteiger partial charge is 0.356 e. The van der Waals surface area contributed by atoms with Gasteiger partial charge < -0.3 is 28.4 Å². The summed E-state index contributed by atoms with van der Waals surface area (Å²) in [6.45, 7) is 5.92. The van der Waals surface area contributed by atoms with Gasteiger partial charge in [0.1, 0.15) is 13.6 Å². The minimum absolute atomic E-state index is 0.123. The molecule has 15 heavy (non-hydrogen) atoms. The van der Waals surface area contributed by atoms with Crippen LogP contribution in [0.25, 0.3) is 0 Å². The van der Waals surface area contributed by atoms with Crippen LogP contribution in [-0.4, -0.2) is 47.2 Å². The minimum atomic E-state index is 0.123. The average molecular weight is 224 g/mol. The van der Waals surface area contributed by atoms with Crippen LogP contribution in [0.5, 0.6) is 0 Å². The molecule has 0 fully saturated rings. The van der Waals surface area contributed by atoms with Crippen molar-refractivity contribution in [3.8, 4) is 0 Å². The highest BCUT2D eigenvalue weighted by molar-refractivity contribution is 4.09. The Bertz CT molecular complexity index is 98.8. The highest BCUT2D eigenvalue weighted by atomic mass is 16.8. The van der Waals surface area contributed by atoms with Crippen LogP contribution in [0, 0.1) is 0 Å². The number of ether oxygens (including phenoxy) is 6. The molecule has 0 aromatic heterocycles. The van der Waals surface area contributed by atoms with E-state index in [0.717, 1.165) is 0 Å². The topological polar surface area (TPSA) is 55.4 Å². The van der Waals surface area contributed by atoms with E-state index in [1.54, 1.807) is 0 Å². The molecule has 0 unspecified atom stereocenters. The lowest BCUT2D eigenvalue weighted by Gasteiger charge is -2.07. The normalized spacial score (nSPS) is 10.8. The predicted molar refractivity (Wildman–Crippen MR) is 51.9 cm³/mol. The number of hydrogen-bond acceptors (Lipinski definition) is 6. The zero-order chi connectivity index (χ0) is 11.2. The monoisotopic (exact) mass is 224 g/mol. The molecule has 0 aliphatic carbocycles. The summed E-state index contributed by atoms with van der Waals surface area (Å²) in [6, 6.07) is 0. The van der Waals surface area contributed by atoms with Gasteiger partial charge in [0, 0.05) is 13.2 Å². The van der Waals surface area contributed by atoms with Crippen molar-refractivity contribution in [2.75, 3.05) is 47.2 Å². The maximum atomic E-state index is 4.94. The van der Waals surface area contributed by atoms with Crippen molar-refractivity contribution in [3.05, 3.63) is 0 Å². The molecule has 0 N–H and O–H groups in total. The van der Waals surface area contributed by atoms with E-state index in [0.29, 0.717) is 13.2 Å². The third kappa shape index (κ3) is 13.8. The molecular weight excluding hydrogens is 204 g/mol. The lowest BCUT2D eigenvalue weighted by atomic mass is 10.9. The van der Waals surface area contributed by atoms with Crippen LogP contribution >= 0.6 is 0 Å². The van der Waals surface area contributed by atoms with Crippen molar-refractivity contribution < 1.29 is 28.4 Å². The summed E-state index contributed by atoms with van der Waals surface area (Å²) in [5.74, 6) is 0. The van der Waals surface area contributed by atoms with Gasteiger partial charge in [-0.1, -0.05) is 0 Å². The lowest BCUT2D eigenvalue weighted by Crippen LogP contribution is -2.10. The maximum absolute atomic E-state index is 4.94. The molecule has 0 radical (unpaired) electrons. The van der Waals surface area contributed by atoms with Crippen LogP contribution in [-0.2, 0) is 28.4 Å². The van der Waals surface area contributed by atoms with Crippen molar-refractivity contribution >= 4 is 0 Å². The molecule has 0 rings (SSSR count). The van der Waals surface area contributed by atoms with E-state index in [1.807, 2.05) is 13.8 Å². The Hall–Kier alpha value is -0.240. The number of rotatable bonds is 12. The van der Waals surface area contributed by atoms with E-state index >= 15 is 0 Å². The van der Waals surface area contributed by atoms with Crippen LogP contribution in [0.15, 0.2) is 0 Å². The first kappa shape index (κ1) is 14.8. The van der Waals surface area contributed by atoms with Gasteiger partial charge in [-0.2, -0.15) is 0 Å². The molecule has 0 spiro atoms. The van der Waals surface area contributed by atoms with Gasteiger partial charge in [-0.05, 0) is 13.8 Å². The smallest absolute Gasteiger partial charge is 0.152 e. The zero-order valence-corrected chi connectivity index (χ0v) is 9.40. The fourth-order valence-corrected chi connectivity index (χ4v) is 0.597. The lowest BCUT2D eigenvalue weighted by molar-refractivity contribution is -0.204. The second-order valence-electron chi connectivity index (χ2n) is 2.39. The Kier molecular flexibility index (Phi) is 13.5. The zero-order valence-electron chi connectivity index (χ0n) is 9.40. The first-order valence-corrected chi connectivity index (χ1v) is 4.88. The molecule has 0 bridgehead atoms. The summed E-state index contributed by atoms with van der Waals surface area (Å²) in [6.07, 6.45) is 0. The molecule has 92 valence electrons.